The van der Waals surface area contributed by atoms with Crippen molar-refractivity contribution in [3.63, 3.8) is 0 Å². The fourth-order valence-corrected chi connectivity index (χ4v) is 4.25. The largest absolute Gasteiger partial charge is 0.391 e. The van der Waals surface area contributed by atoms with Crippen molar-refractivity contribution in [2.45, 2.75) is 90.1 Å². The molecule has 0 aromatic rings. The average Bonchev–Trinajstić information content (AvgIpc) is 2.57. The van der Waals surface area contributed by atoms with Crippen molar-refractivity contribution in [3.8, 4) is 0 Å². The summed E-state index contributed by atoms with van der Waals surface area (Å²) >= 11 is 0. The molecule has 2 fully saturated rings. The first kappa shape index (κ1) is 16.3. The average molecular weight is 283 g/mol. The van der Waals surface area contributed by atoms with Gasteiger partial charge in [-0.3, -0.25) is 4.90 Å². The summed E-state index contributed by atoms with van der Waals surface area (Å²) in [6.07, 6.45) is 4.42. The summed E-state index contributed by atoms with van der Waals surface area (Å²) in [6, 6.07) is 0. The van der Waals surface area contributed by atoms with E-state index in [-0.39, 0.29) is 28.8 Å². The number of likely N-dealkylation sites (tertiary alicyclic amines) is 1. The predicted molar refractivity (Wildman–Crippen MR) is 82.9 cm³/mol. The lowest BCUT2D eigenvalue weighted by Crippen LogP contribution is -2.58. The third kappa shape index (κ3) is 3.05. The molecule has 2 aliphatic rings. The summed E-state index contributed by atoms with van der Waals surface area (Å²) in [4.78, 5) is 2.47. The van der Waals surface area contributed by atoms with Gasteiger partial charge in [-0.15, -0.1) is 0 Å². The number of piperidine rings is 1. The van der Waals surface area contributed by atoms with Gasteiger partial charge in [-0.05, 0) is 73.9 Å². The van der Waals surface area contributed by atoms with Gasteiger partial charge >= 0.3 is 0 Å². The molecule has 2 unspecified atom stereocenters. The van der Waals surface area contributed by atoms with E-state index >= 15 is 0 Å². The second-order valence-corrected chi connectivity index (χ2v) is 8.42. The van der Waals surface area contributed by atoms with Gasteiger partial charge in [-0.2, -0.15) is 0 Å². The summed E-state index contributed by atoms with van der Waals surface area (Å²) in [6.45, 7) is 15.1. The molecule has 2 atom stereocenters. The fourth-order valence-electron chi connectivity index (χ4n) is 4.25. The van der Waals surface area contributed by atoms with E-state index < -0.39 is 0 Å². The highest BCUT2D eigenvalue weighted by atomic mass is 16.5. The van der Waals surface area contributed by atoms with Crippen LogP contribution < -0.4 is 0 Å². The van der Waals surface area contributed by atoms with Crippen molar-refractivity contribution in [1.29, 1.82) is 0 Å². The van der Waals surface area contributed by atoms with Gasteiger partial charge in [0, 0.05) is 11.5 Å². The van der Waals surface area contributed by atoms with Crippen LogP contribution in [-0.4, -0.2) is 45.9 Å². The Kier molecular flexibility index (Phi) is 4.27. The first-order valence-corrected chi connectivity index (χ1v) is 8.19. The summed E-state index contributed by atoms with van der Waals surface area (Å²) in [5, 5.41) is 11.1. The lowest BCUT2D eigenvalue weighted by Gasteiger charge is -2.47. The maximum absolute atomic E-state index is 11.1. The molecule has 0 aromatic carbocycles. The number of hydrogen-bond donors (Lipinski definition) is 1. The molecule has 0 aromatic heterocycles. The van der Waals surface area contributed by atoms with Crippen molar-refractivity contribution >= 4 is 0 Å². The van der Waals surface area contributed by atoms with Crippen LogP contribution in [0.2, 0.25) is 0 Å². The zero-order valence-corrected chi connectivity index (χ0v) is 14.2. The van der Waals surface area contributed by atoms with Gasteiger partial charge in [0.15, 0.2) is 0 Å². The molecule has 1 N–H and O–H groups in total. The van der Waals surface area contributed by atoms with Crippen molar-refractivity contribution in [1.82, 2.24) is 4.90 Å². The van der Waals surface area contributed by atoms with Crippen LogP contribution in [0, 0.1) is 5.92 Å². The minimum absolute atomic E-state index is 0.132. The Morgan fingerprint density at radius 2 is 1.65 bits per heavy atom. The summed E-state index contributed by atoms with van der Waals surface area (Å²) < 4.78 is 6.17. The van der Waals surface area contributed by atoms with Gasteiger partial charge < -0.3 is 9.84 Å². The normalized spacial score (nSPS) is 32.2. The maximum Gasteiger partial charge on any atom is 0.0774 e. The standard InChI is InChI=1S/C17H33NO2/c1-15(2)12-13(17(5,6)20-15)14(19)16(3,4)18-10-8-7-9-11-18/h13-14,19H,7-12H2,1-6H3. The Labute approximate surface area is 124 Å². The SMILES string of the molecule is CC1(C)CC(C(O)C(C)(C)N2CCCCC2)C(C)(C)O1. The number of aliphatic hydroxyl groups is 1. The second kappa shape index (κ2) is 5.26. The van der Waals surface area contributed by atoms with Gasteiger partial charge in [0.1, 0.15) is 0 Å². The molecule has 3 heteroatoms. The van der Waals surface area contributed by atoms with Gasteiger partial charge in [-0.1, -0.05) is 6.42 Å². The third-order valence-corrected chi connectivity index (χ3v) is 5.42. The lowest BCUT2D eigenvalue weighted by atomic mass is 9.75. The molecule has 0 aliphatic carbocycles. The van der Waals surface area contributed by atoms with Gasteiger partial charge in [0.2, 0.25) is 0 Å². The highest BCUT2D eigenvalue weighted by Crippen LogP contribution is 2.46. The first-order chi connectivity index (χ1) is 9.06. The van der Waals surface area contributed by atoms with Crippen LogP contribution in [0.15, 0.2) is 0 Å². The maximum atomic E-state index is 11.1. The molecule has 0 bridgehead atoms. The Morgan fingerprint density at radius 1 is 1.10 bits per heavy atom. The molecule has 2 rings (SSSR count). The lowest BCUT2D eigenvalue weighted by molar-refractivity contribution is -0.112. The zero-order chi connectivity index (χ0) is 15.2. The Morgan fingerprint density at radius 3 is 2.10 bits per heavy atom. The monoisotopic (exact) mass is 283 g/mol. The van der Waals surface area contributed by atoms with Crippen LogP contribution >= 0.6 is 0 Å². The van der Waals surface area contributed by atoms with E-state index in [1.165, 1.54) is 19.3 Å². The minimum Gasteiger partial charge on any atom is -0.391 e. The predicted octanol–water partition coefficient (Wildman–Crippen LogP) is 3.21. The van der Waals surface area contributed by atoms with Gasteiger partial charge in [0.05, 0.1) is 17.3 Å². The molecule has 118 valence electrons. The summed E-state index contributed by atoms with van der Waals surface area (Å²) in [7, 11) is 0. The van der Waals surface area contributed by atoms with Crippen LogP contribution in [-0.2, 0) is 4.74 Å². The molecular formula is C17H33NO2. The molecule has 2 aliphatic heterocycles. The number of aliphatic hydroxyl groups excluding tert-OH is 1. The van der Waals surface area contributed by atoms with E-state index in [2.05, 4.69) is 46.4 Å². The Balaban J connectivity index is 2.15. The smallest absolute Gasteiger partial charge is 0.0774 e. The quantitative estimate of drug-likeness (QED) is 0.863. The van der Waals surface area contributed by atoms with Gasteiger partial charge in [-0.25, -0.2) is 0 Å². The molecule has 0 amide bonds. The molecule has 0 saturated carbocycles. The highest BCUT2D eigenvalue weighted by Gasteiger charge is 2.53. The zero-order valence-electron chi connectivity index (χ0n) is 14.2. The van der Waals surface area contributed by atoms with Crippen LogP contribution in [0.3, 0.4) is 0 Å². The number of ether oxygens (including phenoxy) is 1. The number of rotatable bonds is 3. The molecule has 20 heavy (non-hydrogen) atoms. The van der Waals surface area contributed by atoms with E-state index in [9.17, 15) is 5.11 Å². The molecule has 2 saturated heterocycles. The van der Waals surface area contributed by atoms with Crippen molar-refractivity contribution in [3.05, 3.63) is 0 Å². The topological polar surface area (TPSA) is 32.7 Å². The van der Waals surface area contributed by atoms with Crippen LogP contribution in [0.25, 0.3) is 0 Å². The van der Waals surface area contributed by atoms with Crippen molar-refractivity contribution in [2.24, 2.45) is 5.92 Å². The van der Waals surface area contributed by atoms with E-state index in [0.717, 1.165) is 19.5 Å². The summed E-state index contributed by atoms with van der Waals surface area (Å²) in [5.74, 6) is 0.189. The summed E-state index contributed by atoms with van der Waals surface area (Å²) in [5.41, 5.74) is -0.560. The molecule has 0 radical (unpaired) electrons. The van der Waals surface area contributed by atoms with E-state index in [0.29, 0.717) is 0 Å². The van der Waals surface area contributed by atoms with Crippen molar-refractivity contribution < 1.29 is 9.84 Å². The Bertz CT molecular complexity index is 343. The van der Waals surface area contributed by atoms with Crippen molar-refractivity contribution in [2.75, 3.05) is 13.1 Å². The molecular weight excluding hydrogens is 250 g/mol. The van der Waals surface area contributed by atoms with E-state index in [1.807, 2.05) is 0 Å². The van der Waals surface area contributed by atoms with Crippen LogP contribution in [0.4, 0.5) is 0 Å². The molecule has 3 nitrogen and oxygen atoms in total. The number of nitrogens with zero attached hydrogens (tertiary/aromatic N) is 1. The second-order valence-electron chi connectivity index (χ2n) is 8.42. The van der Waals surface area contributed by atoms with E-state index in [4.69, 9.17) is 4.74 Å². The molecule has 2 heterocycles. The van der Waals surface area contributed by atoms with Crippen LogP contribution in [0.1, 0.15) is 67.2 Å². The minimum atomic E-state index is -0.350. The highest BCUT2D eigenvalue weighted by molar-refractivity contribution is 5.04. The van der Waals surface area contributed by atoms with Crippen LogP contribution in [0.5, 0.6) is 0 Å². The Hall–Kier alpha value is -0.120. The fraction of sp³-hybridized carbons (Fsp3) is 1.00. The van der Waals surface area contributed by atoms with E-state index in [1.54, 1.807) is 0 Å². The molecule has 0 spiro atoms. The third-order valence-electron chi connectivity index (χ3n) is 5.42. The number of hydrogen-bond acceptors (Lipinski definition) is 3. The van der Waals surface area contributed by atoms with Gasteiger partial charge in [0.25, 0.3) is 0 Å². The first-order valence-electron chi connectivity index (χ1n) is 8.19.